The lowest BCUT2D eigenvalue weighted by Crippen LogP contribution is -2.18. The van der Waals surface area contributed by atoms with E-state index in [1.54, 1.807) is 75.4 Å². The molecule has 3 aromatic carbocycles. The molecule has 0 aromatic heterocycles. The number of anilines is 2. The lowest BCUT2D eigenvalue weighted by atomic mass is 10.0. The van der Waals surface area contributed by atoms with Gasteiger partial charge in [0.15, 0.2) is 0 Å². The first-order valence-corrected chi connectivity index (χ1v) is 11.5. The van der Waals surface area contributed by atoms with Crippen LogP contribution in [-0.4, -0.2) is 26.9 Å². The molecule has 0 aliphatic rings. The van der Waals surface area contributed by atoms with Gasteiger partial charge < -0.3 is 10.1 Å². The van der Waals surface area contributed by atoms with Crippen LogP contribution < -0.4 is 10.0 Å². The van der Waals surface area contributed by atoms with Gasteiger partial charge in [0.2, 0.25) is 0 Å². The second-order valence-corrected chi connectivity index (χ2v) is 8.73. The van der Waals surface area contributed by atoms with Gasteiger partial charge in [-0.2, -0.15) is 0 Å². The molecule has 3 aromatic rings. The number of esters is 1. The van der Waals surface area contributed by atoms with Gasteiger partial charge in [-0.25, -0.2) is 13.2 Å². The zero-order chi connectivity index (χ0) is 23.3. The highest BCUT2D eigenvalue weighted by molar-refractivity contribution is 7.92. The third-order valence-corrected chi connectivity index (χ3v) is 6.33. The molecule has 0 unspecified atom stereocenters. The van der Waals surface area contributed by atoms with Crippen molar-refractivity contribution in [3.63, 3.8) is 0 Å². The summed E-state index contributed by atoms with van der Waals surface area (Å²) in [6.07, 6.45) is 0. The fourth-order valence-corrected chi connectivity index (χ4v) is 4.33. The maximum atomic E-state index is 13.0. The molecule has 2 N–H and O–H groups in total. The molecule has 0 atom stereocenters. The van der Waals surface area contributed by atoms with Gasteiger partial charge >= 0.3 is 5.97 Å². The summed E-state index contributed by atoms with van der Waals surface area (Å²) in [7, 11) is -3.80. The molecule has 3 rings (SSSR count). The smallest absolute Gasteiger partial charge is 0.338 e. The summed E-state index contributed by atoms with van der Waals surface area (Å²) in [5.74, 6) is -0.887. The zero-order valence-corrected chi connectivity index (χ0v) is 18.8. The molecule has 0 radical (unpaired) electrons. The normalized spacial score (nSPS) is 11.0. The van der Waals surface area contributed by atoms with Gasteiger partial charge in [-0.05, 0) is 68.3 Å². The number of carbonyl (C=O) groups is 2. The Bertz CT molecular complexity index is 1250. The molecular weight excluding hydrogens is 428 g/mol. The predicted octanol–water partition coefficient (Wildman–Crippen LogP) is 4.53. The van der Waals surface area contributed by atoms with Crippen LogP contribution in [0.15, 0.2) is 71.6 Å². The molecule has 0 bridgehead atoms. The van der Waals surface area contributed by atoms with E-state index in [2.05, 4.69) is 10.0 Å². The van der Waals surface area contributed by atoms with Crippen molar-refractivity contribution in [3.05, 3.63) is 89.0 Å². The Kier molecular flexibility index (Phi) is 6.95. The van der Waals surface area contributed by atoms with Crippen LogP contribution in [0.1, 0.15) is 38.8 Å². The number of carbonyl (C=O) groups excluding carboxylic acids is 2. The second kappa shape index (κ2) is 9.65. The van der Waals surface area contributed by atoms with Gasteiger partial charge in [0.1, 0.15) is 0 Å². The van der Waals surface area contributed by atoms with E-state index in [1.165, 1.54) is 12.1 Å². The first kappa shape index (κ1) is 23.0. The molecule has 0 saturated carbocycles. The highest BCUT2D eigenvalue weighted by atomic mass is 32.2. The number of hydrogen-bond acceptors (Lipinski definition) is 5. The fourth-order valence-electron chi connectivity index (χ4n) is 3.19. The summed E-state index contributed by atoms with van der Waals surface area (Å²) in [5, 5.41) is 2.80. The van der Waals surface area contributed by atoms with Gasteiger partial charge in [0.25, 0.3) is 15.9 Å². The number of benzene rings is 3. The first-order chi connectivity index (χ1) is 15.2. The van der Waals surface area contributed by atoms with Crippen LogP contribution in [0.2, 0.25) is 0 Å². The van der Waals surface area contributed by atoms with E-state index in [0.717, 1.165) is 0 Å². The number of ether oxygens (including phenoxy) is 1. The van der Waals surface area contributed by atoms with E-state index in [-0.39, 0.29) is 11.5 Å². The van der Waals surface area contributed by atoms with Crippen molar-refractivity contribution < 1.29 is 22.7 Å². The number of amides is 1. The van der Waals surface area contributed by atoms with E-state index in [0.29, 0.717) is 33.6 Å². The summed E-state index contributed by atoms with van der Waals surface area (Å²) >= 11 is 0. The quantitative estimate of drug-likeness (QED) is 0.513. The molecular formula is C24H24N2O5S. The Morgan fingerprint density at radius 3 is 2.06 bits per heavy atom. The number of rotatable bonds is 7. The highest BCUT2D eigenvalue weighted by Gasteiger charge is 2.19. The monoisotopic (exact) mass is 452 g/mol. The third-order valence-electron chi connectivity index (χ3n) is 4.95. The van der Waals surface area contributed by atoms with Crippen molar-refractivity contribution >= 4 is 33.3 Å². The van der Waals surface area contributed by atoms with Crippen LogP contribution in [-0.2, 0) is 14.8 Å². The summed E-state index contributed by atoms with van der Waals surface area (Å²) in [5.41, 5.74) is 2.50. The molecule has 166 valence electrons. The Balaban J connectivity index is 1.87. The van der Waals surface area contributed by atoms with E-state index in [9.17, 15) is 18.0 Å². The van der Waals surface area contributed by atoms with Crippen molar-refractivity contribution in [2.24, 2.45) is 0 Å². The van der Waals surface area contributed by atoms with E-state index < -0.39 is 21.9 Å². The minimum Gasteiger partial charge on any atom is -0.462 e. The molecule has 0 aliphatic heterocycles. The van der Waals surface area contributed by atoms with E-state index in [1.807, 2.05) is 0 Å². The number of nitrogens with one attached hydrogen (secondary N) is 2. The SMILES string of the molecule is CCOC(=O)c1cccc(NC(=O)c2cccc(NS(=O)(=O)c3ccccc3)c2C)c1C. The van der Waals surface area contributed by atoms with Crippen LogP contribution >= 0.6 is 0 Å². The lowest BCUT2D eigenvalue weighted by Gasteiger charge is -2.15. The molecule has 8 heteroatoms. The molecule has 0 spiro atoms. The molecule has 7 nitrogen and oxygen atoms in total. The van der Waals surface area contributed by atoms with Gasteiger partial charge in [-0.1, -0.05) is 30.3 Å². The lowest BCUT2D eigenvalue weighted by molar-refractivity contribution is 0.0525. The Labute approximate surface area is 187 Å². The standard InChI is InChI=1S/C24H24N2O5S/c1-4-31-24(28)20-13-9-14-21(17(20)3)25-23(27)19-12-8-15-22(16(19)2)26-32(29,30)18-10-6-5-7-11-18/h5-15,26H,4H2,1-3H3,(H,25,27). The van der Waals surface area contributed by atoms with Crippen LogP contribution in [0.25, 0.3) is 0 Å². The van der Waals surface area contributed by atoms with E-state index >= 15 is 0 Å². The molecule has 0 heterocycles. The van der Waals surface area contributed by atoms with Crippen molar-refractivity contribution in [1.29, 1.82) is 0 Å². The average molecular weight is 453 g/mol. The van der Waals surface area contributed by atoms with E-state index in [4.69, 9.17) is 4.74 Å². The highest BCUT2D eigenvalue weighted by Crippen LogP contribution is 2.25. The van der Waals surface area contributed by atoms with Crippen molar-refractivity contribution in [2.75, 3.05) is 16.6 Å². The van der Waals surface area contributed by atoms with Crippen molar-refractivity contribution in [1.82, 2.24) is 0 Å². The molecule has 0 saturated heterocycles. The van der Waals surface area contributed by atoms with Gasteiger partial charge in [-0.3, -0.25) is 9.52 Å². The fraction of sp³-hybridized carbons (Fsp3) is 0.167. The minimum atomic E-state index is -3.80. The predicted molar refractivity (Wildman–Crippen MR) is 124 cm³/mol. The summed E-state index contributed by atoms with van der Waals surface area (Å²) in [6.45, 7) is 5.36. The van der Waals surface area contributed by atoms with Gasteiger partial charge in [-0.15, -0.1) is 0 Å². The summed E-state index contributed by atoms with van der Waals surface area (Å²) in [6, 6.07) is 17.8. The van der Waals surface area contributed by atoms with Crippen molar-refractivity contribution in [3.8, 4) is 0 Å². The van der Waals surface area contributed by atoms with Crippen LogP contribution in [0.3, 0.4) is 0 Å². The first-order valence-electron chi connectivity index (χ1n) is 10.00. The molecule has 0 aliphatic carbocycles. The second-order valence-electron chi connectivity index (χ2n) is 7.05. The molecule has 0 fully saturated rings. The topological polar surface area (TPSA) is 102 Å². The average Bonchev–Trinajstić information content (AvgIpc) is 2.77. The number of sulfonamides is 1. The molecule has 32 heavy (non-hydrogen) atoms. The Morgan fingerprint density at radius 1 is 0.812 bits per heavy atom. The third kappa shape index (κ3) is 4.97. The van der Waals surface area contributed by atoms with Gasteiger partial charge in [0.05, 0.1) is 22.8 Å². The van der Waals surface area contributed by atoms with Crippen LogP contribution in [0.5, 0.6) is 0 Å². The van der Waals surface area contributed by atoms with Gasteiger partial charge in [0, 0.05) is 11.3 Å². The van der Waals surface area contributed by atoms with Crippen molar-refractivity contribution in [2.45, 2.75) is 25.7 Å². The zero-order valence-electron chi connectivity index (χ0n) is 18.0. The Morgan fingerprint density at radius 2 is 1.41 bits per heavy atom. The Hall–Kier alpha value is -3.65. The van der Waals surface area contributed by atoms with Crippen LogP contribution in [0.4, 0.5) is 11.4 Å². The maximum absolute atomic E-state index is 13.0. The largest absolute Gasteiger partial charge is 0.462 e. The summed E-state index contributed by atoms with van der Waals surface area (Å²) < 4.78 is 32.9. The van der Waals surface area contributed by atoms with Crippen LogP contribution in [0, 0.1) is 13.8 Å². The summed E-state index contributed by atoms with van der Waals surface area (Å²) in [4.78, 5) is 25.2. The minimum absolute atomic E-state index is 0.126. The molecule has 1 amide bonds. The maximum Gasteiger partial charge on any atom is 0.338 e. The number of hydrogen-bond donors (Lipinski definition) is 2.